The van der Waals surface area contributed by atoms with Gasteiger partial charge < -0.3 is 16.0 Å². The third-order valence-corrected chi connectivity index (χ3v) is 4.51. The van der Waals surface area contributed by atoms with Gasteiger partial charge in [-0.05, 0) is 52.1 Å². The quantitative estimate of drug-likeness (QED) is 0.740. The summed E-state index contributed by atoms with van der Waals surface area (Å²) in [6.45, 7) is 6.22. The van der Waals surface area contributed by atoms with E-state index in [4.69, 9.17) is 5.73 Å². The van der Waals surface area contributed by atoms with Gasteiger partial charge in [0.05, 0.1) is 0 Å². The van der Waals surface area contributed by atoms with Crippen LogP contribution in [0.1, 0.15) is 52.4 Å². The van der Waals surface area contributed by atoms with E-state index in [1.54, 1.807) is 0 Å². The first-order valence-electron chi connectivity index (χ1n) is 7.76. The first kappa shape index (κ1) is 16.4. The number of nitrogens with one attached hydrogen (secondary N) is 1. The Bertz CT molecular complexity index is 270. The van der Waals surface area contributed by atoms with E-state index < -0.39 is 0 Å². The van der Waals surface area contributed by atoms with Gasteiger partial charge in [0.15, 0.2) is 0 Å². The van der Waals surface area contributed by atoms with Crippen molar-refractivity contribution in [3.63, 3.8) is 0 Å². The van der Waals surface area contributed by atoms with Crippen molar-refractivity contribution in [1.29, 1.82) is 0 Å². The molecule has 4 heteroatoms. The lowest BCUT2D eigenvalue weighted by Gasteiger charge is -2.35. The maximum Gasteiger partial charge on any atom is 0.220 e. The summed E-state index contributed by atoms with van der Waals surface area (Å²) in [6, 6.07) is 0.938. The molecule has 19 heavy (non-hydrogen) atoms. The van der Waals surface area contributed by atoms with Crippen LogP contribution >= 0.6 is 0 Å². The molecule has 1 saturated heterocycles. The van der Waals surface area contributed by atoms with Crippen molar-refractivity contribution < 1.29 is 4.79 Å². The van der Waals surface area contributed by atoms with Crippen LogP contribution in [0.4, 0.5) is 0 Å². The molecular formula is C15H31N3O. The van der Waals surface area contributed by atoms with Crippen LogP contribution in [0, 0.1) is 5.92 Å². The smallest absolute Gasteiger partial charge is 0.220 e. The first-order chi connectivity index (χ1) is 9.06. The number of carbonyl (C=O) groups excluding carboxylic acids is 1. The molecule has 4 nitrogen and oxygen atoms in total. The number of hydrogen-bond donors (Lipinski definition) is 2. The summed E-state index contributed by atoms with van der Waals surface area (Å²) < 4.78 is 0. The fraction of sp³-hybridized carbons (Fsp3) is 0.933. The molecule has 0 aliphatic carbocycles. The van der Waals surface area contributed by atoms with Crippen molar-refractivity contribution in [2.75, 3.05) is 20.1 Å². The zero-order valence-corrected chi connectivity index (χ0v) is 12.8. The van der Waals surface area contributed by atoms with Crippen molar-refractivity contribution >= 4 is 5.91 Å². The van der Waals surface area contributed by atoms with Crippen LogP contribution in [0.5, 0.6) is 0 Å². The predicted octanol–water partition coefficient (Wildman–Crippen LogP) is 1.74. The molecule has 0 radical (unpaired) electrons. The van der Waals surface area contributed by atoms with Gasteiger partial charge in [-0.1, -0.05) is 13.3 Å². The molecule has 1 heterocycles. The molecular weight excluding hydrogens is 238 g/mol. The van der Waals surface area contributed by atoms with Crippen LogP contribution in [0.25, 0.3) is 0 Å². The molecule has 1 fully saturated rings. The van der Waals surface area contributed by atoms with Gasteiger partial charge >= 0.3 is 0 Å². The Morgan fingerprint density at radius 1 is 1.47 bits per heavy atom. The lowest BCUT2D eigenvalue weighted by molar-refractivity contribution is -0.122. The summed E-state index contributed by atoms with van der Waals surface area (Å²) in [5, 5.41) is 3.19. The van der Waals surface area contributed by atoms with Crippen LogP contribution in [-0.2, 0) is 4.79 Å². The standard InChI is InChI=1S/C15H31N3O/c1-4-13(7-9-16)5-6-15(19)17-14-8-10-18(3)12(2)11-14/h12-14H,4-11,16H2,1-3H3,(H,17,19). The van der Waals surface area contributed by atoms with Crippen LogP contribution in [-0.4, -0.2) is 43.0 Å². The second-order valence-corrected chi connectivity index (χ2v) is 6.01. The number of piperidine rings is 1. The Morgan fingerprint density at radius 2 is 2.21 bits per heavy atom. The third-order valence-electron chi connectivity index (χ3n) is 4.51. The van der Waals surface area contributed by atoms with E-state index in [-0.39, 0.29) is 5.91 Å². The minimum absolute atomic E-state index is 0.220. The number of rotatable bonds is 7. The highest BCUT2D eigenvalue weighted by Crippen LogP contribution is 2.17. The number of carbonyl (C=O) groups is 1. The molecule has 112 valence electrons. The van der Waals surface area contributed by atoms with Crippen LogP contribution in [0.2, 0.25) is 0 Å². The van der Waals surface area contributed by atoms with E-state index in [1.807, 2.05) is 0 Å². The van der Waals surface area contributed by atoms with Gasteiger partial charge in [0.25, 0.3) is 0 Å². The minimum Gasteiger partial charge on any atom is -0.353 e. The van der Waals surface area contributed by atoms with Crippen molar-refractivity contribution in [1.82, 2.24) is 10.2 Å². The van der Waals surface area contributed by atoms with Gasteiger partial charge in [0.2, 0.25) is 5.91 Å². The van der Waals surface area contributed by atoms with Gasteiger partial charge in [0, 0.05) is 25.0 Å². The second-order valence-electron chi connectivity index (χ2n) is 6.01. The van der Waals surface area contributed by atoms with Crippen molar-refractivity contribution in [3.05, 3.63) is 0 Å². The fourth-order valence-corrected chi connectivity index (χ4v) is 2.84. The van der Waals surface area contributed by atoms with Crippen molar-refractivity contribution in [2.45, 2.75) is 64.5 Å². The van der Waals surface area contributed by atoms with Gasteiger partial charge in [-0.25, -0.2) is 0 Å². The largest absolute Gasteiger partial charge is 0.353 e. The van der Waals surface area contributed by atoms with Crippen LogP contribution in [0.3, 0.4) is 0 Å². The monoisotopic (exact) mass is 269 g/mol. The molecule has 3 unspecified atom stereocenters. The Hall–Kier alpha value is -0.610. The second kappa shape index (κ2) is 8.54. The SMILES string of the molecule is CCC(CCN)CCC(=O)NC1CCN(C)C(C)C1. The Kier molecular flexibility index (Phi) is 7.39. The zero-order chi connectivity index (χ0) is 14.3. The molecule has 0 aromatic carbocycles. The summed E-state index contributed by atoms with van der Waals surface area (Å²) in [5.41, 5.74) is 5.58. The summed E-state index contributed by atoms with van der Waals surface area (Å²) in [6.07, 6.45) is 5.93. The third kappa shape index (κ3) is 5.91. The average Bonchev–Trinajstić information content (AvgIpc) is 2.39. The van der Waals surface area contributed by atoms with E-state index in [2.05, 4.69) is 31.1 Å². The molecule has 1 amide bonds. The highest BCUT2D eigenvalue weighted by atomic mass is 16.1. The Labute approximate surface area is 118 Å². The average molecular weight is 269 g/mol. The van der Waals surface area contributed by atoms with Gasteiger partial charge in [-0.3, -0.25) is 4.79 Å². The molecule has 0 aromatic rings. The number of hydrogen-bond acceptors (Lipinski definition) is 3. The van der Waals surface area contributed by atoms with Crippen molar-refractivity contribution in [3.8, 4) is 0 Å². The fourth-order valence-electron chi connectivity index (χ4n) is 2.84. The van der Waals surface area contributed by atoms with E-state index in [1.165, 1.54) is 0 Å². The number of nitrogens with two attached hydrogens (primary N) is 1. The molecule has 1 rings (SSSR count). The predicted molar refractivity (Wildman–Crippen MR) is 79.9 cm³/mol. The molecule has 0 aromatic heterocycles. The maximum absolute atomic E-state index is 12.0. The summed E-state index contributed by atoms with van der Waals surface area (Å²) >= 11 is 0. The Balaban J connectivity index is 2.23. The highest BCUT2D eigenvalue weighted by molar-refractivity contribution is 5.76. The van der Waals surface area contributed by atoms with Crippen LogP contribution < -0.4 is 11.1 Å². The van der Waals surface area contributed by atoms with Crippen LogP contribution in [0.15, 0.2) is 0 Å². The normalized spacial score (nSPS) is 26.1. The summed E-state index contributed by atoms with van der Waals surface area (Å²) in [5.74, 6) is 0.824. The minimum atomic E-state index is 0.220. The summed E-state index contributed by atoms with van der Waals surface area (Å²) in [7, 11) is 2.15. The molecule has 0 bridgehead atoms. The van der Waals surface area contributed by atoms with E-state index in [0.29, 0.717) is 24.4 Å². The first-order valence-corrected chi connectivity index (χ1v) is 7.76. The molecule has 3 N–H and O–H groups in total. The van der Waals surface area contributed by atoms with Gasteiger partial charge in [-0.15, -0.1) is 0 Å². The highest BCUT2D eigenvalue weighted by Gasteiger charge is 2.23. The molecule has 0 spiro atoms. The summed E-state index contributed by atoms with van der Waals surface area (Å²) in [4.78, 5) is 14.3. The lowest BCUT2D eigenvalue weighted by Crippen LogP contribution is -2.47. The molecule has 3 atom stereocenters. The molecule has 1 aliphatic heterocycles. The van der Waals surface area contributed by atoms with E-state index in [9.17, 15) is 4.79 Å². The molecule has 1 aliphatic rings. The van der Waals surface area contributed by atoms with Gasteiger partial charge in [0.1, 0.15) is 0 Å². The maximum atomic E-state index is 12.0. The Morgan fingerprint density at radius 3 is 2.79 bits per heavy atom. The topological polar surface area (TPSA) is 58.4 Å². The van der Waals surface area contributed by atoms with E-state index >= 15 is 0 Å². The number of likely N-dealkylation sites (tertiary alicyclic amines) is 1. The van der Waals surface area contributed by atoms with Gasteiger partial charge in [-0.2, -0.15) is 0 Å². The zero-order valence-electron chi connectivity index (χ0n) is 12.8. The number of nitrogens with zero attached hydrogens (tertiary/aromatic N) is 1. The van der Waals surface area contributed by atoms with Crippen molar-refractivity contribution in [2.24, 2.45) is 11.7 Å². The lowest BCUT2D eigenvalue weighted by atomic mass is 9.95. The molecule has 0 saturated carbocycles. The van der Waals surface area contributed by atoms with E-state index in [0.717, 1.165) is 45.2 Å². The number of amides is 1.